The van der Waals surface area contributed by atoms with Crippen LogP contribution in [0.3, 0.4) is 0 Å². The van der Waals surface area contributed by atoms with Crippen LogP contribution in [-0.4, -0.2) is 21.8 Å². The first-order valence-corrected chi connectivity index (χ1v) is 6.70. The first-order valence-electron chi connectivity index (χ1n) is 6.70. The lowest BCUT2D eigenvalue weighted by Gasteiger charge is -2.01. The Balaban J connectivity index is 2.17. The number of carbonyl (C=O) groups excluding carboxylic acids is 2. The topological polar surface area (TPSA) is 101 Å². The van der Waals surface area contributed by atoms with Gasteiger partial charge in [0, 0.05) is 30.2 Å². The van der Waals surface area contributed by atoms with Crippen molar-refractivity contribution in [3.8, 4) is 11.1 Å². The van der Waals surface area contributed by atoms with Gasteiger partial charge in [-0.3, -0.25) is 14.6 Å². The molecule has 2 amide bonds. The highest BCUT2D eigenvalue weighted by molar-refractivity contribution is 6.13. The molecule has 6 nitrogen and oxygen atoms in total. The summed E-state index contributed by atoms with van der Waals surface area (Å²) in [5, 5.41) is 3.27. The van der Waals surface area contributed by atoms with E-state index < -0.39 is 5.91 Å². The number of rotatable bonds is 3. The number of nitrogens with one attached hydrogen (secondary N) is 2. The van der Waals surface area contributed by atoms with Gasteiger partial charge in [0.2, 0.25) is 5.91 Å². The highest BCUT2D eigenvalue weighted by Crippen LogP contribution is 2.30. The zero-order valence-electron chi connectivity index (χ0n) is 11.9. The number of carbonyl (C=O) groups is 2. The summed E-state index contributed by atoms with van der Waals surface area (Å²) in [6.45, 7) is 1.37. The molecule has 6 heteroatoms. The van der Waals surface area contributed by atoms with E-state index >= 15 is 0 Å². The second-order valence-electron chi connectivity index (χ2n) is 4.92. The van der Waals surface area contributed by atoms with Crippen molar-refractivity contribution in [3.63, 3.8) is 0 Å². The Kier molecular flexibility index (Phi) is 3.34. The average Bonchev–Trinajstić information content (AvgIpc) is 2.84. The predicted octanol–water partition coefficient (Wildman–Crippen LogP) is 2.29. The van der Waals surface area contributed by atoms with Crippen molar-refractivity contribution in [3.05, 3.63) is 48.3 Å². The summed E-state index contributed by atoms with van der Waals surface area (Å²) in [4.78, 5) is 30.0. The van der Waals surface area contributed by atoms with Gasteiger partial charge >= 0.3 is 0 Å². The minimum atomic E-state index is -0.591. The Morgan fingerprint density at radius 2 is 1.86 bits per heavy atom. The lowest BCUT2D eigenvalue weighted by Crippen LogP contribution is -2.15. The maximum Gasteiger partial charge on any atom is 0.253 e. The molecule has 0 fully saturated rings. The summed E-state index contributed by atoms with van der Waals surface area (Å²) in [7, 11) is 0. The van der Waals surface area contributed by atoms with E-state index in [0.29, 0.717) is 11.2 Å². The van der Waals surface area contributed by atoms with Gasteiger partial charge in [0.1, 0.15) is 5.82 Å². The third-order valence-electron chi connectivity index (χ3n) is 3.36. The number of anilines is 1. The lowest BCUT2D eigenvalue weighted by atomic mass is 10.0. The van der Waals surface area contributed by atoms with Crippen molar-refractivity contribution in [1.29, 1.82) is 0 Å². The molecule has 2 heterocycles. The minimum Gasteiger partial charge on any atom is -0.365 e. The molecule has 0 saturated heterocycles. The fourth-order valence-electron chi connectivity index (χ4n) is 2.45. The molecular formula is C16H14N4O2. The van der Waals surface area contributed by atoms with Gasteiger partial charge in [-0.05, 0) is 29.3 Å². The Labute approximate surface area is 126 Å². The van der Waals surface area contributed by atoms with Gasteiger partial charge in [-0.15, -0.1) is 0 Å². The van der Waals surface area contributed by atoms with E-state index in [1.807, 2.05) is 30.3 Å². The standard InChI is InChI=1S/C16H14N4O2/c1-9(21)19-16-14(15(17)22)12-3-2-11(8-13(12)20-16)10-4-6-18-7-5-10/h2-8,20H,1H3,(H2,17,22)(H,19,21). The number of pyridine rings is 1. The second kappa shape index (κ2) is 5.33. The number of fused-ring (bicyclic) bond motifs is 1. The van der Waals surface area contributed by atoms with Crippen molar-refractivity contribution in [2.24, 2.45) is 5.73 Å². The van der Waals surface area contributed by atoms with Crippen molar-refractivity contribution >= 4 is 28.5 Å². The SMILES string of the molecule is CC(=O)Nc1[nH]c2cc(-c3ccncc3)ccc2c1C(N)=O. The summed E-state index contributed by atoms with van der Waals surface area (Å²) >= 11 is 0. The van der Waals surface area contributed by atoms with Crippen LogP contribution in [0.5, 0.6) is 0 Å². The van der Waals surface area contributed by atoms with Gasteiger partial charge in [0.05, 0.1) is 5.56 Å². The number of H-pyrrole nitrogens is 1. The molecule has 0 atom stereocenters. The smallest absolute Gasteiger partial charge is 0.253 e. The fraction of sp³-hybridized carbons (Fsp3) is 0.0625. The van der Waals surface area contributed by atoms with Crippen LogP contribution in [0.15, 0.2) is 42.7 Å². The van der Waals surface area contributed by atoms with Crippen molar-refractivity contribution < 1.29 is 9.59 Å². The van der Waals surface area contributed by atoms with Gasteiger partial charge in [-0.2, -0.15) is 0 Å². The van der Waals surface area contributed by atoms with Crippen LogP contribution in [0.2, 0.25) is 0 Å². The number of nitrogens with zero attached hydrogens (tertiary/aromatic N) is 1. The Morgan fingerprint density at radius 3 is 2.50 bits per heavy atom. The Bertz CT molecular complexity index is 868. The summed E-state index contributed by atoms with van der Waals surface area (Å²) in [6, 6.07) is 9.41. The summed E-state index contributed by atoms with van der Waals surface area (Å²) in [5.74, 6) is -0.544. The number of primary amides is 1. The van der Waals surface area contributed by atoms with Crippen LogP contribution in [0.4, 0.5) is 5.82 Å². The molecule has 0 spiro atoms. The lowest BCUT2D eigenvalue weighted by molar-refractivity contribution is -0.114. The molecule has 0 radical (unpaired) electrons. The van der Waals surface area contributed by atoms with E-state index in [2.05, 4.69) is 15.3 Å². The molecule has 4 N–H and O–H groups in total. The predicted molar refractivity (Wildman–Crippen MR) is 84.4 cm³/mol. The molecule has 110 valence electrons. The van der Waals surface area contributed by atoms with Crippen LogP contribution in [0, 0.1) is 0 Å². The molecule has 0 unspecified atom stereocenters. The summed E-state index contributed by atoms with van der Waals surface area (Å²) in [5.41, 5.74) is 8.43. The second-order valence-corrected chi connectivity index (χ2v) is 4.92. The number of hydrogen-bond donors (Lipinski definition) is 3. The van der Waals surface area contributed by atoms with E-state index in [4.69, 9.17) is 5.73 Å². The molecule has 1 aromatic carbocycles. The van der Waals surface area contributed by atoms with Crippen molar-refractivity contribution in [2.75, 3.05) is 5.32 Å². The van der Waals surface area contributed by atoms with Gasteiger partial charge < -0.3 is 16.0 Å². The molecule has 3 rings (SSSR count). The Hall–Kier alpha value is -3.15. The molecule has 2 aromatic heterocycles. The summed E-state index contributed by atoms with van der Waals surface area (Å²) < 4.78 is 0. The molecule has 0 aliphatic heterocycles. The van der Waals surface area contributed by atoms with Crippen LogP contribution in [0.1, 0.15) is 17.3 Å². The van der Waals surface area contributed by atoms with Crippen LogP contribution in [-0.2, 0) is 4.79 Å². The van der Waals surface area contributed by atoms with E-state index in [9.17, 15) is 9.59 Å². The fourth-order valence-corrected chi connectivity index (χ4v) is 2.45. The van der Waals surface area contributed by atoms with Crippen LogP contribution in [0.25, 0.3) is 22.0 Å². The number of amides is 2. The van der Waals surface area contributed by atoms with Crippen molar-refractivity contribution in [2.45, 2.75) is 6.92 Å². The van der Waals surface area contributed by atoms with Gasteiger partial charge in [-0.1, -0.05) is 12.1 Å². The number of aromatic amines is 1. The van der Waals surface area contributed by atoms with Crippen LogP contribution >= 0.6 is 0 Å². The maximum absolute atomic E-state index is 11.7. The first-order chi connectivity index (χ1) is 10.6. The molecule has 22 heavy (non-hydrogen) atoms. The number of benzene rings is 1. The average molecular weight is 294 g/mol. The largest absolute Gasteiger partial charge is 0.365 e. The van der Waals surface area contributed by atoms with E-state index in [0.717, 1.165) is 16.6 Å². The van der Waals surface area contributed by atoms with E-state index in [1.165, 1.54) is 6.92 Å². The van der Waals surface area contributed by atoms with Crippen molar-refractivity contribution in [1.82, 2.24) is 9.97 Å². The quantitative estimate of drug-likeness (QED) is 0.690. The zero-order chi connectivity index (χ0) is 15.7. The highest BCUT2D eigenvalue weighted by atomic mass is 16.2. The molecule has 0 aliphatic rings. The molecule has 0 bridgehead atoms. The number of aromatic nitrogens is 2. The minimum absolute atomic E-state index is 0.275. The van der Waals surface area contributed by atoms with E-state index in [-0.39, 0.29) is 11.5 Å². The molecular weight excluding hydrogens is 280 g/mol. The highest BCUT2D eigenvalue weighted by Gasteiger charge is 2.17. The number of nitrogens with two attached hydrogens (primary N) is 1. The normalized spacial score (nSPS) is 10.6. The number of hydrogen-bond acceptors (Lipinski definition) is 3. The molecule has 0 saturated carbocycles. The third-order valence-corrected chi connectivity index (χ3v) is 3.36. The summed E-state index contributed by atoms with van der Waals surface area (Å²) in [6.07, 6.45) is 3.43. The third kappa shape index (κ3) is 2.42. The van der Waals surface area contributed by atoms with Gasteiger partial charge in [-0.25, -0.2) is 0 Å². The van der Waals surface area contributed by atoms with E-state index in [1.54, 1.807) is 12.4 Å². The molecule has 3 aromatic rings. The molecule has 0 aliphatic carbocycles. The van der Waals surface area contributed by atoms with Gasteiger partial charge in [0.15, 0.2) is 0 Å². The van der Waals surface area contributed by atoms with Gasteiger partial charge in [0.25, 0.3) is 5.91 Å². The zero-order valence-corrected chi connectivity index (χ0v) is 11.9. The first kappa shape index (κ1) is 13.8. The maximum atomic E-state index is 11.7. The van der Waals surface area contributed by atoms with Crippen LogP contribution < -0.4 is 11.1 Å². The Morgan fingerprint density at radius 1 is 1.14 bits per heavy atom. The monoisotopic (exact) mass is 294 g/mol.